The van der Waals surface area contributed by atoms with Crippen LogP contribution in [0.25, 0.3) is 0 Å². The molecule has 1 heterocycles. The molecule has 0 unspecified atom stereocenters. The van der Waals surface area contributed by atoms with Crippen LogP contribution in [0.1, 0.15) is 9.75 Å². The van der Waals surface area contributed by atoms with E-state index in [4.69, 9.17) is 12.2 Å². The molecule has 1 aliphatic rings. The van der Waals surface area contributed by atoms with E-state index in [1.807, 2.05) is 0 Å². The normalized spacial score (nSPS) is 15.0. The molecule has 0 fully saturated rings. The zero-order valence-electron chi connectivity index (χ0n) is 4.14. The van der Waals surface area contributed by atoms with E-state index < -0.39 is 0 Å². The molecule has 0 aliphatic heterocycles. The Morgan fingerprint density at radius 2 is 1.62 bits per heavy atom. The number of hydrogen-bond acceptors (Lipinski definition) is 3. The fraction of sp³-hybridized carbons (Fsp3) is 0.400. The van der Waals surface area contributed by atoms with Crippen molar-refractivity contribution in [2.75, 3.05) is 0 Å². The first-order valence-electron chi connectivity index (χ1n) is 2.48. The SMILES string of the molecule is S=c1sc2c(s1)CC2. The Morgan fingerprint density at radius 1 is 1.12 bits per heavy atom. The molecule has 3 heteroatoms. The highest BCUT2D eigenvalue weighted by Gasteiger charge is 2.15. The van der Waals surface area contributed by atoms with Crippen LogP contribution in [0.4, 0.5) is 0 Å². The summed E-state index contributed by atoms with van der Waals surface area (Å²) in [4.78, 5) is 3.08. The molecule has 1 aromatic rings. The molecular weight excluding hydrogens is 156 g/mol. The first kappa shape index (κ1) is 5.09. The van der Waals surface area contributed by atoms with Gasteiger partial charge in [0.05, 0.1) is 0 Å². The lowest BCUT2D eigenvalue weighted by Gasteiger charge is -2.08. The maximum absolute atomic E-state index is 5.00. The second kappa shape index (κ2) is 1.62. The van der Waals surface area contributed by atoms with Crippen molar-refractivity contribution in [2.45, 2.75) is 12.8 Å². The monoisotopic (exact) mass is 160 g/mol. The molecule has 0 bridgehead atoms. The lowest BCUT2D eigenvalue weighted by Crippen LogP contribution is -1.99. The molecule has 0 nitrogen and oxygen atoms in total. The highest BCUT2D eigenvalue weighted by molar-refractivity contribution is 7.76. The van der Waals surface area contributed by atoms with Crippen LogP contribution in [0.15, 0.2) is 0 Å². The number of fused-ring (bicyclic) bond motifs is 1. The van der Waals surface area contributed by atoms with Gasteiger partial charge in [-0.15, -0.1) is 22.7 Å². The Morgan fingerprint density at radius 3 is 1.88 bits per heavy atom. The molecule has 2 rings (SSSR count). The van der Waals surface area contributed by atoms with E-state index in [0.717, 1.165) is 3.14 Å². The fourth-order valence-electron chi connectivity index (χ4n) is 0.767. The smallest absolute Gasteiger partial charge is 0.118 e. The first-order chi connectivity index (χ1) is 3.86. The molecule has 1 aliphatic carbocycles. The van der Waals surface area contributed by atoms with Crippen LogP contribution < -0.4 is 0 Å². The van der Waals surface area contributed by atoms with Crippen molar-refractivity contribution in [3.8, 4) is 0 Å². The molecule has 0 N–H and O–H groups in total. The molecular formula is C5H4S3. The summed E-state index contributed by atoms with van der Waals surface area (Å²) in [5, 5.41) is 0. The van der Waals surface area contributed by atoms with Crippen LogP contribution >= 0.6 is 34.9 Å². The highest BCUT2D eigenvalue weighted by Crippen LogP contribution is 2.33. The first-order valence-corrected chi connectivity index (χ1v) is 4.52. The molecule has 0 saturated carbocycles. The Bertz CT molecular complexity index is 230. The van der Waals surface area contributed by atoms with Crippen molar-refractivity contribution in [3.63, 3.8) is 0 Å². The summed E-state index contributed by atoms with van der Waals surface area (Å²) in [6.45, 7) is 0. The maximum Gasteiger partial charge on any atom is 0.144 e. The van der Waals surface area contributed by atoms with Gasteiger partial charge in [-0.1, -0.05) is 12.2 Å². The van der Waals surface area contributed by atoms with Crippen LogP contribution in [-0.2, 0) is 12.8 Å². The van der Waals surface area contributed by atoms with E-state index in [2.05, 4.69) is 0 Å². The minimum atomic E-state index is 1.10. The van der Waals surface area contributed by atoms with Gasteiger partial charge in [-0.2, -0.15) is 0 Å². The van der Waals surface area contributed by atoms with Crippen LogP contribution in [0, 0.1) is 3.14 Å². The van der Waals surface area contributed by atoms with Gasteiger partial charge in [0.2, 0.25) is 0 Å². The maximum atomic E-state index is 5.00. The Balaban J connectivity index is 2.78. The molecule has 0 amide bonds. The Hall–Kier alpha value is 0.270. The second-order valence-corrected chi connectivity index (χ2v) is 5.19. The molecule has 0 radical (unpaired) electrons. The minimum absolute atomic E-state index is 1.10. The van der Waals surface area contributed by atoms with Gasteiger partial charge in [0.25, 0.3) is 0 Å². The minimum Gasteiger partial charge on any atom is -0.118 e. The van der Waals surface area contributed by atoms with Crippen molar-refractivity contribution in [2.24, 2.45) is 0 Å². The van der Waals surface area contributed by atoms with Crippen molar-refractivity contribution >= 4 is 34.9 Å². The predicted molar refractivity (Wildman–Crippen MR) is 40.4 cm³/mol. The van der Waals surface area contributed by atoms with Gasteiger partial charge in [0, 0.05) is 9.75 Å². The Labute approximate surface area is 60.8 Å². The van der Waals surface area contributed by atoms with Gasteiger partial charge in [0.15, 0.2) is 0 Å². The third-order valence-electron chi connectivity index (χ3n) is 1.30. The van der Waals surface area contributed by atoms with E-state index in [9.17, 15) is 0 Å². The van der Waals surface area contributed by atoms with E-state index in [0.29, 0.717) is 0 Å². The molecule has 0 spiro atoms. The van der Waals surface area contributed by atoms with Gasteiger partial charge in [-0.05, 0) is 12.8 Å². The molecule has 0 saturated heterocycles. The summed E-state index contributed by atoms with van der Waals surface area (Å²) in [5.41, 5.74) is 0. The van der Waals surface area contributed by atoms with E-state index in [-0.39, 0.29) is 0 Å². The summed E-state index contributed by atoms with van der Waals surface area (Å²) >= 11 is 8.58. The summed E-state index contributed by atoms with van der Waals surface area (Å²) in [7, 11) is 0. The summed E-state index contributed by atoms with van der Waals surface area (Å²) < 4.78 is 1.10. The zero-order valence-corrected chi connectivity index (χ0v) is 6.59. The quantitative estimate of drug-likeness (QED) is 0.526. The third-order valence-corrected chi connectivity index (χ3v) is 4.16. The molecule has 0 atom stereocenters. The van der Waals surface area contributed by atoms with E-state index in [1.165, 1.54) is 12.8 Å². The third kappa shape index (κ3) is 0.584. The fourth-order valence-corrected chi connectivity index (χ4v) is 3.63. The number of rotatable bonds is 0. The number of aryl methyl sites for hydroxylation is 2. The van der Waals surface area contributed by atoms with E-state index in [1.54, 1.807) is 32.4 Å². The zero-order chi connectivity index (χ0) is 5.56. The molecule has 42 valence electrons. The number of hydrogen-bond donors (Lipinski definition) is 0. The van der Waals surface area contributed by atoms with Crippen molar-refractivity contribution in [1.29, 1.82) is 0 Å². The summed E-state index contributed by atoms with van der Waals surface area (Å²) in [6.07, 6.45) is 2.57. The average molecular weight is 160 g/mol. The van der Waals surface area contributed by atoms with Crippen molar-refractivity contribution < 1.29 is 0 Å². The largest absolute Gasteiger partial charge is 0.144 e. The van der Waals surface area contributed by atoms with Crippen LogP contribution in [-0.4, -0.2) is 0 Å². The van der Waals surface area contributed by atoms with Crippen molar-refractivity contribution in [1.82, 2.24) is 0 Å². The molecule has 0 aromatic carbocycles. The standard InChI is InChI=1S/C5H4S3/c6-5-7-3-1-2-4(3)8-5/h1-2H2. The summed E-state index contributed by atoms with van der Waals surface area (Å²) in [5.74, 6) is 0. The summed E-state index contributed by atoms with van der Waals surface area (Å²) in [6, 6.07) is 0. The lowest BCUT2D eigenvalue weighted by molar-refractivity contribution is 0.895. The van der Waals surface area contributed by atoms with Crippen molar-refractivity contribution in [3.05, 3.63) is 12.9 Å². The predicted octanol–water partition coefficient (Wildman–Crippen LogP) is 2.64. The highest BCUT2D eigenvalue weighted by atomic mass is 32.2. The second-order valence-electron chi connectivity index (χ2n) is 1.80. The lowest BCUT2D eigenvalue weighted by atomic mass is 10.1. The molecule has 8 heavy (non-hydrogen) atoms. The average Bonchev–Trinajstić information content (AvgIpc) is 1.91. The van der Waals surface area contributed by atoms with Crippen LogP contribution in [0.2, 0.25) is 0 Å². The van der Waals surface area contributed by atoms with Crippen LogP contribution in [0.3, 0.4) is 0 Å². The van der Waals surface area contributed by atoms with Gasteiger partial charge in [-0.3, -0.25) is 0 Å². The van der Waals surface area contributed by atoms with Crippen LogP contribution in [0.5, 0.6) is 0 Å². The van der Waals surface area contributed by atoms with E-state index >= 15 is 0 Å². The van der Waals surface area contributed by atoms with Gasteiger partial charge >= 0.3 is 0 Å². The van der Waals surface area contributed by atoms with Gasteiger partial charge in [0.1, 0.15) is 3.14 Å². The topological polar surface area (TPSA) is 0 Å². The van der Waals surface area contributed by atoms with Gasteiger partial charge in [-0.25, -0.2) is 0 Å². The molecule has 1 aromatic heterocycles. The Kier molecular flexibility index (Phi) is 1.03. The van der Waals surface area contributed by atoms with Gasteiger partial charge < -0.3 is 0 Å².